The fraction of sp³-hybridized carbons (Fsp3) is 0.263. The number of halogens is 1. The van der Waals surface area contributed by atoms with Crippen LogP contribution in [0.4, 0.5) is 10.1 Å². The number of nitrogens with one attached hydrogen (secondary N) is 1. The number of benzene rings is 2. The minimum absolute atomic E-state index is 0.150. The first-order valence-corrected chi connectivity index (χ1v) is 7.51. The van der Waals surface area contributed by atoms with Crippen molar-refractivity contribution in [2.45, 2.75) is 25.3 Å². The predicted molar refractivity (Wildman–Crippen MR) is 83.9 cm³/mol. The number of fused-ring (bicyclic) bond motifs is 3. The zero-order valence-electron chi connectivity index (χ0n) is 12.0. The summed E-state index contributed by atoms with van der Waals surface area (Å²) in [6.07, 6.45) is 5.52. The number of allylic oxidation sites excluding steroid dienone is 2. The van der Waals surface area contributed by atoms with Crippen LogP contribution >= 0.6 is 0 Å². The average Bonchev–Trinajstić information content (AvgIpc) is 2.97. The molecule has 0 fully saturated rings. The number of hydrogen-bond donors (Lipinski definition) is 1. The third-order valence-electron chi connectivity index (χ3n) is 4.76. The number of rotatable bonds is 1. The first-order chi connectivity index (χ1) is 10.2. The molecule has 0 saturated carbocycles. The van der Waals surface area contributed by atoms with Gasteiger partial charge >= 0.3 is 0 Å². The summed E-state index contributed by atoms with van der Waals surface area (Å²) in [6.45, 7) is 2.11. The minimum Gasteiger partial charge on any atom is -0.378 e. The molecular weight excluding hydrogens is 261 g/mol. The Kier molecular flexibility index (Phi) is 2.85. The van der Waals surface area contributed by atoms with Gasteiger partial charge in [0, 0.05) is 11.6 Å². The maximum atomic E-state index is 13.6. The second-order valence-electron chi connectivity index (χ2n) is 6.12. The van der Waals surface area contributed by atoms with E-state index < -0.39 is 0 Å². The van der Waals surface area contributed by atoms with Crippen molar-refractivity contribution in [2.75, 3.05) is 5.32 Å². The lowest BCUT2D eigenvalue weighted by Gasteiger charge is -2.37. The zero-order chi connectivity index (χ0) is 14.4. The summed E-state index contributed by atoms with van der Waals surface area (Å²) in [5.74, 6) is 0.647. The second kappa shape index (κ2) is 4.73. The van der Waals surface area contributed by atoms with Gasteiger partial charge < -0.3 is 5.32 Å². The summed E-state index contributed by atoms with van der Waals surface area (Å²) in [4.78, 5) is 0. The summed E-state index contributed by atoms with van der Waals surface area (Å²) in [6, 6.07) is 14.1. The van der Waals surface area contributed by atoms with Crippen LogP contribution in [0.1, 0.15) is 35.1 Å². The van der Waals surface area contributed by atoms with Gasteiger partial charge in [-0.3, -0.25) is 0 Å². The molecule has 2 heteroatoms. The highest BCUT2D eigenvalue weighted by Crippen LogP contribution is 2.49. The Morgan fingerprint density at radius 2 is 1.90 bits per heavy atom. The van der Waals surface area contributed by atoms with Crippen molar-refractivity contribution in [3.63, 3.8) is 0 Å². The largest absolute Gasteiger partial charge is 0.378 e. The molecule has 1 N–H and O–H groups in total. The molecule has 1 nitrogen and oxygen atoms in total. The number of aryl methyl sites for hydroxylation is 1. The maximum Gasteiger partial charge on any atom is 0.123 e. The maximum absolute atomic E-state index is 13.6. The fourth-order valence-corrected chi connectivity index (χ4v) is 3.67. The van der Waals surface area contributed by atoms with E-state index in [0.29, 0.717) is 17.9 Å². The Morgan fingerprint density at radius 3 is 2.71 bits per heavy atom. The minimum atomic E-state index is -0.150. The molecule has 0 radical (unpaired) electrons. The highest BCUT2D eigenvalue weighted by atomic mass is 19.1. The van der Waals surface area contributed by atoms with Gasteiger partial charge in [-0.1, -0.05) is 42.0 Å². The van der Waals surface area contributed by atoms with E-state index in [0.717, 1.165) is 17.7 Å². The summed E-state index contributed by atoms with van der Waals surface area (Å²) in [5, 5.41) is 3.62. The van der Waals surface area contributed by atoms with E-state index in [4.69, 9.17) is 0 Å². The molecule has 0 amide bonds. The molecule has 0 aromatic heterocycles. The van der Waals surface area contributed by atoms with Crippen LogP contribution in [0.3, 0.4) is 0 Å². The van der Waals surface area contributed by atoms with Crippen LogP contribution < -0.4 is 5.32 Å². The van der Waals surface area contributed by atoms with Crippen LogP contribution in [0.2, 0.25) is 0 Å². The Hall–Kier alpha value is -2.09. The van der Waals surface area contributed by atoms with Gasteiger partial charge in [0.15, 0.2) is 0 Å². The second-order valence-corrected chi connectivity index (χ2v) is 6.12. The highest BCUT2D eigenvalue weighted by molar-refractivity contribution is 5.59. The molecule has 0 saturated heterocycles. The lowest BCUT2D eigenvalue weighted by molar-refractivity contribution is 0.424. The SMILES string of the molecule is Cc1ccc(C2Nc3ccc(F)cc3C3C=CCC32)cc1. The zero-order valence-corrected chi connectivity index (χ0v) is 12.0. The summed E-state index contributed by atoms with van der Waals surface area (Å²) >= 11 is 0. The quantitative estimate of drug-likeness (QED) is 0.727. The lowest BCUT2D eigenvalue weighted by Crippen LogP contribution is -2.29. The highest BCUT2D eigenvalue weighted by Gasteiger charge is 2.37. The Bertz CT molecular complexity index is 702. The fourth-order valence-electron chi connectivity index (χ4n) is 3.67. The lowest BCUT2D eigenvalue weighted by atomic mass is 9.77. The van der Waals surface area contributed by atoms with Gasteiger partial charge in [-0.2, -0.15) is 0 Å². The van der Waals surface area contributed by atoms with Crippen molar-refractivity contribution < 1.29 is 4.39 Å². The molecule has 1 aliphatic carbocycles. The number of anilines is 1. The molecule has 2 aromatic rings. The Morgan fingerprint density at radius 1 is 1.10 bits per heavy atom. The van der Waals surface area contributed by atoms with E-state index in [1.807, 2.05) is 6.07 Å². The molecule has 1 heterocycles. The summed E-state index contributed by atoms with van der Waals surface area (Å²) in [7, 11) is 0. The van der Waals surface area contributed by atoms with E-state index >= 15 is 0 Å². The van der Waals surface area contributed by atoms with Gasteiger partial charge in [0.1, 0.15) is 5.82 Å². The van der Waals surface area contributed by atoms with Crippen molar-refractivity contribution in [2.24, 2.45) is 5.92 Å². The summed E-state index contributed by atoms with van der Waals surface area (Å²) < 4.78 is 13.6. The van der Waals surface area contributed by atoms with E-state index in [-0.39, 0.29) is 5.82 Å². The molecule has 0 bridgehead atoms. The molecule has 0 spiro atoms. The average molecular weight is 279 g/mol. The van der Waals surface area contributed by atoms with Crippen molar-refractivity contribution in [3.8, 4) is 0 Å². The third kappa shape index (κ3) is 2.06. The van der Waals surface area contributed by atoms with Crippen LogP contribution in [-0.4, -0.2) is 0 Å². The summed E-state index contributed by atoms with van der Waals surface area (Å²) in [5.41, 5.74) is 4.75. The third-order valence-corrected chi connectivity index (χ3v) is 4.76. The molecule has 2 aliphatic rings. The van der Waals surface area contributed by atoms with Gasteiger partial charge in [0.25, 0.3) is 0 Å². The molecule has 3 atom stereocenters. The standard InChI is InChI=1S/C19H18FN/c1-12-5-7-13(8-6-12)19-16-4-2-3-15(16)17-11-14(20)9-10-18(17)21-19/h2-3,5-11,15-16,19,21H,4H2,1H3. The van der Waals surface area contributed by atoms with Gasteiger partial charge in [-0.25, -0.2) is 4.39 Å². The molecule has 106 valence electrons. The first kappa shape index (κ1) is 12.6. The van der Waals surface area contributed by atoms with Crippen LogP contribution in [0.25, 0.3) is 0 Å². The smallest absolute Gasteiger partial charge is 0.123 e. The number of hydrogen-bond acceptors (Lipinski definition) is 1. The Labute approximate surface area is 124 Å². The van der Waals surface area contributed by atoms with Crippen molar-refractivity contribution in [1.29, 1.82) is 0 Å². The molecule has 21 heavy (non-hydrogen) atoms. The van der Waals surface area contributed by atoms with E-state index in [1.54, 1.807) is 6.07 Å². The van der Waals surface area contributed by atoms with E-state index in [9.17, 15) is 4.39 Å². The van der Waals surface area contributed by atoms with Crippen molar-refractivity contribution in [3.05, 3.63) is 77.1 Å². The predicted octanol–water partition coefficient (Wildman–Crippen LogP) is 4.96. The molecule has 2 aromatic carbocycles. The van der Waals surface area contributed by atoms with E-state index in [2.05, 4.69) is 48.7 Å². The van der Waals surface area contributed by atoms with Crippen molar-refractivity contribution in [1.82, 2.24) is 0 Å². The van der Waals surface area contributed by atoms with Crippen LogP contribution in [0.15, 0.2) is 54.6 Å². The normalized spacial score (nSPS) is 26.1. The van der Waals surface area contributed by atoms with Gasteiger partial charge in [-0.05, 0) is 48.6 Å². The van der Waals surface area contributed by atoms with Gasteiger partial charge in [0.05, 0.1) is 6.04 Å². The van der Waals surface area contributed by atoms with Crippen LogP contribution in [-0.2, 0) is 0 Å². The van der Waals surface area contributed by atoms with Crippen molar-refractivity contribution >= 4 is 5.69 Å². The molecule has 3 unspecified atom stereocenters. The van der Waals surface area contributed by atoms with Gasteiger partial charge in [-0.15, -0.1) is 0 Å². The van der Waals surface area contributed by atoms with Gasteiger partial charge in [0.2, 0.25) is 0 Å². The molecular formula is C19H18FN. The molecule has 4 rings (SSSR count). The van der Waals surface area contributed by atoms with E-state index in [1.165, 1.54) is 17.2 Å². The van der Waals surface area contributed by atoms with Crippen LogP contribution in [0.5, 0.6) is 0 Å². The Balaban J connectivity index is 1.78. The topological polar surface area (TPSA) is 12.0 Å². The monoisotopic (exact) mass is 279 g/mol. The molecule has 1 aliphatic heterocycles. The first-order valence-electron chi connectivity index (χ1n) is 7.51. The van der Waals surface area contributed by atoms with Crippen LogP contribution in [0, 0.1) is 18.7 Å².